The van der Waals surface area contributed by atoms with Gasteiger partial charge in [-0.05, 0) is 24.1 Å². The first-order valence-corrected chi connectivity index (χ1v) is 10.3. The lowest BCUT2D eigenvalue weighted by Crippen LogP contribution is -2.35. The predicted octanol–water partition coefficient (Wildman–Crippen LogP) is 4.98. The Labute approximate surface area is 177 Å². The maximum Gasteiger partial charge on any atom is 0.181 e. The van der Waals surface area contributed by atoms with Crippen LogP contribution in [0.25, 0.3) is 27.8 Å². The summed E-state index contributed by atoms with van der Waals surface area (Å²) in [6.07, 6.45) is 6.51. The number of nitrogens with zero attached hydrogens (tertiary/aromatic N) is 3. The monoisotopic (exact) mass is 414 g/mol. The minimum atomic E-state index is 0.199. The van der Waals surface area contributed by atoms with Crippen LogP contribution in [-0.4, -0.2) is 31.9 Å². The molecule has 0 radical (unpaired) electrons. The van der Waals surface area contributed by atoms with Crippen molar-refractivity contribution in [2.45, 2.75) is 12.5 Å². The van der Waals surface area contributed by atoms with Crippen LogP contribution in [0, 0.1) is 0 Å². The van der Waals surface area contributed by atoms with Crippen LogP contribution in [0.2, 0.25) is 5.15 Å². The predicted molar refractivity (Wildman–Crippen MR) is 121 cm³/mol. The van der Waals surface area contributed by atoms with E-state index in [0.717, 1.165) is 46.6 Å². The minimum absolute atomic E-state index is 0.199. The topological polar surface area (TPSA) is 70.0 Å². The summed E-state index contributed by atoms with van der Waals surface area (Å²) in [5.41, 5.74) is 5.98. The van der Waals surface area contributed by atoms with Crippen LogP contribution in [0.1, 0.15) is 5.56 Å². The van der Waals surface area contributed by atoms with Crippen molar-refractivity contribution < 1.29 is 0 Å². The number of aromatic nitrogens is 4. The van der Waals surface area contributed by atoms with E-state index in [2.05, 4.69) is 50.9 Å². The van der Waals surface area contributed by atoms with Crippen molar-refractivity contribution in [3.8, 4) is 11.3 Å². The van der Waals surface area contributed by atoms with Gasteiger partial charge in [0.05, 0.1) is 0 Å². The van der Waals surface area contributed by atoms with Gasteiger partial charge in [0, 0.05) is 53.3 Å². The van der Waals surface area contributed by atoms with E-state index in [9.17, 15) is 0 Å². The molecule has 2 aromatic carbocycles. The number of nitrogens with one attached hydrogen (secondary N) is 3. The molecule has 0 fully saturated rings. The van der Waals surface area contributed by atoms with Crippen molar-refractivity contribution in [3.63, 3.8) is 0 Å². The van der Waals surface area contributed by atoms with Crippen molar-refractivity contribution in [2.24, 2.45) is 0 Å². The Bertz CT molecular complexity index is 1390. The average molecular weight is 415 g/mol. The third kappa shape index (κ3) is 2.72. The number of imidazole rings is 1. The number of hydrogen-bond donors (Lipinski definition) is 3. The molecule has 148 valence electrons. The van der Waals surface area contributed by atoms with Crippen molar-refractivity contribution in [1.29, 1.82) is 0 Å². The van der Waals surface area contributed by atoms with Gasteiger partial charge in [-0.25, -0.2) is 9.97 Å². The highest BCUT2D eigenvalue weighted by atomic mass is 35.5. The number of fused-ring (bicyclic) bond motifs is 3. The van der Waals surface area contributed by atoms with Crippen LogP contribution in [0.5, 0.6) is 0 Å². The molecule has 0 unspecified atom stereocenters. The molecule has 3 N–H and O–H groups in total. The van der Waals surface area contributed by atoms with Gasteiger partial charge in [0.1, 0.15) is 10.8 Å². The molecule has 4 heterocycles. The van der Waals surface area contributed by atoms with Crippen LogP contribution >= 0.6 is 11.6 Å². The zero-order valence-electron chi connectivity index (χ0n) is 16.1. The fourth-order valence-electron chi connectivity index (χ4n) is 4.23. The van der Waals surface area contributed by atoms with Crippen LogP contribution in [0.4, 0.5) is 11.5 Å². The first-order chi connectivity index (χ1) is 14.8. The smallest absolute Gasteiger partial charge is 0.181 e. The molecule has 1 atom stereocenters. The van der Waals surface area contributed by atoms with Gasteiger partial charge in [0.15, 0.2) is 11.5 Å². The third-order valence-electron chi connectivity index (χ3n) is 5.69. The normalized spacial score (nSPS) is 15.8. The Kier molecular flexibility index (Phi) is 3.92. The van der Waals surface area contributed by atoms with E-state index in [-0.39, 0.29) is 6.04 Å². The molecular formula is C23H19ClN6. The molecule has 0 amide bonds. The molecule has 1 aliphatic rings. The van der Waals surface area contributed by atoms with Crippen molar-refractivity contribution in [1.82, 2.24) is 19.4 Å². The number of halogens is 1. The second-order valence-corrected chi connectivity index (χ2v) is 7.91. The number of anilines is 2. The van der Waals surface area contributed by atoms with Crippen molar-refractivity contribution >= 4 is 39.7 Å². The maximum absolute atomic E-state index is 6.76. The molecule has 6 rings (SSSR count). The fraction of sp³-hybridized carbons (Fsp3) is 0.130. The largest absolute Gasteiger partial charge is 0.383 e. The Balaban J connectivity index is 1.44. The van der Waals surface area contributed by atoms with Gasteiger partial charge in [-0.1, -0.05) is 48.0 Å². The zero-order valence-corrected chi connectivity index (χ0v) is 16.8. The lowest BCUT2D eigenvalue weighted by Gasteiger charge is -2.27. The number of H-pyrrole nitrogens is 1. The lowest BCUT2D eigenvalue weighted by atomic mass is 10.00. The first-order valence-electron chi connectivity index (χ1n) is 9.95. The van der Waals surface area contributed by atoms with E-state index >= 15 is 0 Å². The molecule has 0 spiro atoms. The molecule has 5 aromatic rings. The summed E-state index contributed by atoms with van der Waals surface area (Å²) in [7, 11) is 0. The summed E-state index contributed by atoms with van der Waals surface area (Å²) >= 11 is 6.76. The molecule has 0 aliphatic carbocycles. The van der Waals surface area contributed by atoms with E-state index in [1.165, 1.54) is 11.3 Å². The number of rotatable bonds is 3. The summed E-state index contributed by atoms with van der Waals surface area (Å²) in [6, 6.07) is 16.8. The zero-order chi connectivity index (χ0) is 20.1. The molecule has 30 heavy (non-hydrogen) atoms. The van der Waals surface area contributed by atoms with E-state index in [1.54, 1.807) is 6.20 Å². The average Bonchev–Trinajstić information content (AvgIpc) is 3.44. The third-order valence-corrected chi connectivity index (χ3v) is 6.05. The van der Waals surface area contributed by atoms with Gasteiger partial charge in [-0.2, -0.15) is 0 Å². The maximum atomic E-state index is 6.76. The second-order valence-electron chi connectivity index (χ2n) is 7.55. The highest BCUT2D eigenvalue weighted by molar-refractivity contribution is 6.32. The van der Waals surface area contributed by atoms with E-state index < -0.39 is 0 Å². The fourth-order valence-corrected chi connectivity index (χ4v) is 4.51. The van der Waals surface area contributed by atoms with Crippen LogP contribution < -0.4 is 10.6 Å². The number of benzene rings is 2. The molecular weight excluding hydrogens is 396 g/mol. The SMILES string of the molecule is Clc1c(-c2c[nH]c3ccccc23)nc(N[C@@H]2CNc3ccccc3C2)c2nccn12. The van der Waals surface area contributed by atoms with Crippen LogP contribution in [0.15, 0.2) is 67.1 Å². The van der Waals surface area contributed by atoms with E-state index in [0.29, 0.717) is 5.15 Å². The summed E-state index contributed by atoms with van der Waals surface area (Å²) < 4.78 is 1.89. The minimum Gasteiger partial charge on any atom is -0.383 e. The highest BCUT2D eigenvalue weighted by Gasteiger charge is 2.22. The molecule has 7 heteroatoms. The van der Waals surface area contributed by atoms with Crippen molar-refractivity contribution in [2.75, 3.05) is 17.2 Å². The number of aromatic amines is 1. The van der Waals surface area contributed by atoms with Gasteiger partial charge >= 0.3 is 0 Å². The van der Waals surface area contributed by atoms with E-state index in [4.69, 9.17) is 16.6 Å². The van der Waals surface area contributed by atoms with Gasteiger partial charge < -0.3 is 15.6 Å². The Hall–Kier alpha value is -3.51. The quantitative estimate of drug-likeness (QED) is 0.389. The van der Waals surface area contributed by atoms with Crippen molar-refractivity contribution in [3.05, 3.63) is 77.8 Å². The molecule has 0 bridgehead atoms. The Morgan fingerprint density at radius 3 is 2.93 bits per heavy atom. The summed E-state index contributed by atoms with van der Waals surface area (Å²) in [5, 5.41) is 8.74. The number of para-hydroxylation sites is 2. The number of hydrogen-bond acceptors (Lipinski definition) is 4. The molecule has 0 saturated heterocycles. The van der Waals surface area contributed by atoms with Crippen LogP contribution in [-0.2, 0) is 6.42 Å². The standard InChI is InChI=1S/C23H19ClN6/c24-21-20(17-13-27-19-8-4-2-6-16(17)19)29-22(23-25-9-10-30(21)23)28-15-11-14-5-1-3-7-18(14)26-12-15/h1-10,13,15,26-27H,11-12H2,(H,28,29)/t15-/m0/s1. The van der Waals surface area contributed by atoms with Gasteiger partial charge in [-0.3, -0.25) is 4.40 Å². The van der Waals surface area contributed by atoms with Gasteiger partial charge in [-0.15, -0.1) is 0 Å². The lowest BCUT2D eigenvalue weighted by molar-refractivity contribution is 0.720. The molecule has 3 aromatic heterocycles. The van der Waals surface area contributed by atoms with E-state index in [1.807, 2.05) is 35.0 Å². The summed E-state index contributed by atoms with van der Waals surface area (Å²) in [4.78, 5) is 12.8. The molecule has 1 aliphatic heterocycles. The molecule has 0 saturated carbocycles. The highest BCUT2D eigenvalue weighted by Crippen LogP contribution is 2.35. The Morgan fingerprint density at radius 2 is 1.97 bits per heavy atom. The summed E-state index contributed by atoms with van der Waals surface area (Å²) in [5.74, 6) is 0.732. The van der Waals surface area contributed by atoms with Gasteiger partial charge in [0.25, 0.3) is 0 Å². The first kappa shape index (κ1) is 17.4. The van der Waals surface area contributed by atoms with Gasteiger partial charge in [0.2, 0.25) is 0 Å². The summed E-state index contributed by atoms with van der Waals surface area (Å²) in [6.45, 7) is 0.816. The van der Waals surface area contributed by atoms with Crippen LogP contribution in [0.3, 0.4) is 0 Å². The Morgan fingerprint density at radius 1 is 1.10 bits per heavy atom. The molecule has 6 nitrogen and oxygen atoms in total. The second kappa shape index (κ2) is 6.78.